The van der Waals surface area contributed by atoms with Crippen molar-refractivity contribution in [3.05, 3.63) is 17.8 Å². The molecule has 54 valence electrons. The highest BCUT2D eigenvalue weighted by atomic mass is 16.5. The number of hydrogen-bond donors (Lipinski definition) is 1. The molecule has 0 bridgehead atoms. The molecule has 4 heteroatoms. The molecule has 0 aliphatic carbocycles. The summed E-state index contributed by atoms with van der Waals surface area (Å²) in [6.07, 6.45) is 0. The van der Waals surface area contributed by atoms with Gasteiger partial charge in [-0.05, 0) is 12.1 Å². The normalized spacial score (nSPS) is 9.70. The molecule has 1 aromatic heterocycles. The molecule has 0 unspecified atom stereocenters. The number of ether oxygens (including phenoxy) is 1. The van der Waals surface area contributed by atoms with E-state index in [2.05, 4.69) is 10.2 Å². The molecule has 0 aromatic carbocycles. The van der Waals surface area contributed by atoms with Crippen molar-refractivity contribution >= 4 is 5.82 Å². The Morgan fingerprint density at radius 2 is 2.30 bits per heavy atom. The Bertz CT molecular complexity index is 197. The number of methoxy groups -OCH3 is 1. The fraction of sp³-hybridized carbons (Fsp3) is 0.333. The van der Waals surface area contributed by atoms with Crippen molar-refractivity contribution in [2.24, 2.45) is 0 Å². The summed E-state index contributed by atoms with van der Waals surface area (Å²) < 4.78 is 4.82. The molecule has 1 rings (SSSR count). The molecule has 10 heavy (non-hydrogen) atoms. The molecule has 2 N–H and O–H groups in total. The zero-order chi connectivity index (χ0) is 7.40. The summed E-state index contributed by atoms with van der Waals surface area (Å²) in [6.45, 7) is 0.479. The molecule has 0 radical (unpaired) electrons. The van der Waals surface area contributed by atoms with Gasteiger partial charge in [-0.1, -0.05) is 0 Å². The molecule has 0 fully saturated rings. The molecular weight excluding hydrogens is 130 g/mol. The summed E-state index contributed by atoms with van der Waals surface area (Å²) in [6, 6.07) is 3.48. The number of aromatic nitrogens is 2. The largest absolute Gasteiger partial charge is 0.382 e. The fourth-order valence-corrected chi connectivity index (χ4v) is 0.595. The van der Waals surface area contributed by atoms with Gasteiger partial charge in [0.25, 0.3) is 0 Å². The second-order valence-electron chi connectivity index (χ2n) is 1.88. The van der Waals surface area contributed by atoms with E-state index >= 15 is 0 Å². The average Bonchev–Trinajstić information content (AvgIpc) is 1.95. The van der Waals surface area contributed by atoms with Crippen LogP contribution in [0.4, 0.5) is 5.82 Å². The van der Waals surface area contributed by atoms with Crippen molar-refractivity contribution in [1.29, 1.82) is 0 Å². The van der Waals surface area contributed by atoms with Crippen LogP contribution < -0.4 is 5.73 Å². The monoisotopic (exact) mass is 139 g/mol. The Morgan fingerprint density at radius 3 is 2.80 bits per heavy atom. The van der Waals surface area contributed by atoms with Gasteiger partial charge >= 0.3 is 0 Å². The zero-order valence-corrected chi connectivity index (χ0v) is 5.74. The van der Waals surface area contributed by atoms with E-state index in [1.165, 1.54) is 0 Å². The SMILES string of the molecule is COCc1ccc(N)nn1. The van der Waals surface area contributed by atoms with Crippen LogP contribution in [0.3, 0.4) is 0 Å². The summed E-state index contributed by atoms with van der Waals surface area (Å²) in [5.41, 5.74) is 6.10. The maximum Gasteiger partial charge on any atom is 0.146 e. The third-order valence-electron chi connectivity index (χ3n) is 1.03. The molecule has 1 heterocycles. The number of anilines is 1. The minimum atomic E-state index is 0.430. The molecule has 0 aliphatic heterocycles. The van der Waals surface area contributed by atoms with Crippen molar-refractivity contribution in [1.82, 2.24) is 10.2 Å². The first-order valence-electron chi connectivity index (χ1n) is 2.90. The summed E-state index contributed by atoms with van der Waals surface area (Å²) in [5, 5.41) is 7.41. The molecule has 4 nitrogen and oxygen atoms in total. The van der Waals surface area contributed by atoms with Gasteiger partial charge in [0.2, 0.25) is 0 Å². The third kappa shape index (κ3) is 1.66. The van der Waals surface area contributed by atoms with Crippen LogP contribution >= 0.6 is 0 Å². The van der Waals surface area contributed by atoms with Crippen LogP contribution in [0.5, 0.6) is 0 Å². The van der Waals surface area contributed by atoms with Crippen molar-refractivity contribution < 1.29 is 4.74 Å². The lowest BCUT2D eigenvalue weighted by molar-refractivity contribution is 0.180. The van der Waals surface area contributed by atoms with E-state index in [0.717, 1.165) is 5.69 Å². The van der Waals surface area contributed by atoms with Gasteiger partial charge in [0.05, 0.1) is 12.3 Å². The number of rotatable bonds is 2. The van der Waals surface area contributed by atoms with E-state index < -0.39 is 0 Å². The van der Waals surface area contributed by atoms with Crippen LogP contribution in [-0.2, 0) is 11.3 Å². The van der Waals surface area contributed by atoms with Crippen LogP contribution in [-0.4, -0.2) is 17.3 Å². The van der Waals surface area contributed by atoms with Gasteiger partial charge in [0, 0.05) is 7.11 Å². The Morgan fingerprint density at radius 1 is 1.50 bits per heavy atom. The van der Waals surface area contributed by atoms with E-state index in [0.29, 0.717) is 12.4 Å². The van der Waals surface area contributed by atoms with Gasteiger partial charge in [-0.15, -0.1) is 5.10 Å². The first-order chi connectivity index (χ1) is 4.83. The molecule has 0 aliphatic rings. The molecule has 0 spiro atoms. The van der Waals surface area contributed by atoms with Crippen LogP contribution in [0.2, 0.25) is 0 Å². The lowest BCUT2D eigenvalue weighted by atomic mass is 10.4. The highest BCUT2D eigenvalue weighted by molar-refractivity contribution is 5.25. The lowest BCUT2D eigenvalue weighted by Crippen LogP contribution is -1.97. The fourth-order valence-electron chi connectivity index (χ4n) is 0.595. The Hall–Kier alpha value is -1.16. The smallest absolute Gasteiger partial charge is 0.146 e. The van der Waals surface area contributed by atoms with E-state index in [-0.39, 0.29) is 0 Å². The first kappa shape index (κ1) is 6.95. The highest BCUT2D eigenvalue weighted by Crippen LogP contribution is 1.97. The van der Waals surface area contributed by atoms with Crippen LogP contribution in [0.15, 0.2) is 12.1 Å². The van der Waals surface area contributed by atoms with Gasteiger partial charge in [-0.25, -0.2) is 0 Å². The van der Waals surface area contributed by atoms with E-state index in [4.69, 9.17) is 10.5 Å². The van der Waals surface area contributed by atoms with Crippen molar-refractivity contribution in [3.8, 4) is 0 Å². The first-order valence-corrected chi connectivity index (χ1v) is 2.90. The summed E-state index contributed by atoms with van der Waals surface area (Å²) in [5.74, 6) is 0.430. The highest BCUT2D eigenvalue weighted by Gasteiger charge is 1.91. The molecule has 0 saturated carbocycles. The number of nitrogens with two attached hydrogens (primary N) is 1. The molecule has 0 atom stereocenters. The maximum absolute atomic E-state index is 5.31. The average molecular weight is 139 g/mol. The Kier molecular flexibility index (Phi) is 2.17. The number of hydrogen-bond acceptors (Lipinski definition) is 4. The van der Waals surface area contributed by atoms with E-state index in [1.807, 2.05) is 0 Å². The van der Waals surface area contributed by atoms with Gasteiger partial charge in [0.1, 0.15) is 5.82 Å². The standard InChI is InChI=1S/C6H9N3O/c1-10-4-5-2-3-6(7)9-8-5/h2-3H,4H2,1H3,(H2,7,9). The van der Waals surface area contributed by atoms with Crippen molar-refractivity contribution in [3.63, 3.8) is 0 Å². The zero-order valence-electron chi connectivity index (χ0n) is 5.74. The minimum Gasteiger partial charge on any atom is -0.382 e. The summed E-state index contributed by atoms with van der Waals surface area (Å²) in [4.78, 5) is 0. The number of nitrogens with zero attached hydrogens (tertiary/aromatic N) is 2. The molecular formula is C6H9N3O. The predicted molar refractivity (Wildman–Crippen MR) is 37.2 cm³/mol. The second kappa shape index (κ2) is 3.12. The third-order valence-corrected chi connectivity index (χ3v) is 1.03. The van der Waals surface area contributed by atoms with Gasteiger partial charge in [0.15, 0.2) is 0 Å². The van der Waals surface area contributed by atoms with E-state index in [9.17, 15) is 0 Å². The summed E-state index contributed by atoms with van der Waals surface area (Å²) >= 11 is 0. The van der Waals surface area contributed by atoms with Crippen molar-refractivity contribution in [2.45, 2.75) is 6.61 Å². The Labute approximate surface area is 59.0 Å². The molecule has 0 saturated heterocycles. The topological polar surface area (TPSA) is 61.0 Å². The molecule has 1 aromatic rings. The van der Waals surface area contributed by atoms with Crippen LogP contribution in [0.25, 0.3) is 0 Å². The quantitative estimate of drug-likeness (QED) is 0.636. The molecule has 0 amide bonds. The van der Waals surface area contributed by atoms with Crippen LogP contribution in [0, 0.1) is 0 Å². The summed E-state index contributed by atoms with van der Waals surface area (Å²) in [7, 11) is 1.61. The lowest BCUT2D eigenvalue weighted by Gasteiger charge is -1.95. The van der Waals surface area contributed by atoms with Gasteiger partial charge in [-0.3, -0.25) is 0 Å². The number of nitrogen functional groups attached to an aromatic ring is 1. The van der Waals surface area contributed by atoms with E-state index in [1.54, 1.807) is 19.2 Å². The minimum absolute atomic E-state index is 0.430. The van der Waals surface area contributed by atoms with Crippen LogP contribution in [0.1, 0.15) is 5.69 Å². The maximum atomic E-state index is 5.31. The predicted octanol–water partition coefficient (Wildman–Crippen LogP) is 0.205. The van der Waals surface area contributed by atoms with Gasteiger partial charge < -0.3 is 10.5 Å². The van der Waals surface area contributed by atoms with Crippen molar-refractivity contribution in [2.75, 3.05) is 12.8 Å². The Balaban J connectivity index is 2.69. The second-order valence-corrected chi connectivity index (χ2v) is 1.88. The van der Waals surface area contributed by atoms with Gasteiger partial charge in [-0.2, -0.15) is 5.10 Å².